The van der Waals surface area contributed by atoms with Crippen molar-refractivity contribution in [2.75, 3.05) is 26.3 Å². The molecule has 1 aromatic heterocycles. The number of thioether (sulfide) groups is 1. The third-order valence-electron chi connectivity index (χ3n) is 5.06. The Morgan fingerprint density at radius 3 is 2.57 bits per heavy atom. The largest absolute Gasteiger partial charge is 0.379 e. The monoisotopic (exact) mass is 443 g/mol. The molecule has 8 heteroatoms. The zero-order valence-corrected chi connectivity index (χ0v) is 18.5. The summed E-state index contributed by atoms with van der Waals surface area (Å²) >= 11 is 1.58. The van der Waals surface area contributed by atoms with Gasteiger partial charge in [-0.1, -0.05) is 54.2 Å². The van der Waals surface area contributed by atoms with Crippen molar-refractivity contribution < 1.29 is 13.2 Å². The first-order valence-electron chi connectivity index (χ1n) is 9.91. The maximum Gasteiger partial charge on any atom is 0.243 e. The molecule has 1 fully saturated rings. The van der Waals surface area contributed by atoms with E-state index in [0.29, 0.717) is 37.0 Å². The third kappa shape index (κ3) is 4.95. The summed E-state index contributed by atoms with van der Waals surface area (Å²) in [5.41, 5.74) is 4.27. The number of imidazole rings is 1. The lowest BCUT2D eigenvalue weighted by molar-refractivity contribution is 0.0730. The van der Waals surface area contributed by atoms with Crippen molar-refractivity contribution in [3.63, 3.8) is 0 Å². The van der Waals surface area contributed by atoms with Gasteiger partial charge in [-0.25, -0.2) is 13.4 Å². The summed E-state index contributed by atoms with van der Waals surface area (Å²) in [7, 11) is -3.48. The van der Waals surface area contributed by atoms with E-state index in [1.165, 1.54) is 9.87 Å². The molecule has 0 spiro atoms. The molecule has 3 aromatic rings. The number of sulfonamides is 1. The molecular formula is C22H25N3O3S2. The lowest BCUT2D eigenvalue weighted by Gasteiger charge is -2.26. The molecule has 158 valence electrons. The smallest absolute Gasteiger partial charge is 0.243 e. The van der Waals surface area contributed by atoms with E-state index in [9.17, 15) is 8.42 Å². The number of aromatic amines is 1. The van der Waals surface area contributed by atoms with Crippen molar-refractivity contribution >= 4 is 21.8 Å². The van der Waals surface area contributed by atoms with Crippen LogP contribution in [0.4, 0.5) is 0 Å². The van der Waals surface area contributed by atoms with Crippen molar-refractivity contribution in [2.24, 2.45) is 0 Å². The number of nitrogens with zero attached hydrogens (tertiary/aromatic N) is 2. The minimum absolute atomic E-state index is 0.336. The van der Waals surface area contributed by atoms with Gasteiger partial charge in [0.15, 0.2) is 5.16 Å². The van der Waals surface area contributed by atoms with E-state index >= 15 is 0 Å². The normalized spacial score (nSPS) is 15.4. The minimum Gasteiger partial charge on any atom is -0.379 e. The zero-order valence-electron chi connectivity index (χ0n) is 16.9. The fourth-order valence-electron chi connectivity index (χ4n) is 3.38. The molecule has 0 atom stereocenters. The van der Waals surface area contributed by atoms with E-state index < -0.39 is 10.0 Å². The van der Waals surface area contributed by atoms with Gasteiger partial charge in [0.1, 0.15) is 0 Å². The summed E-state index contributed by atoms with van der Waals surface area (Å²) in [5.74, 6) is 0.643. The van der Waals surface area contributed by atoms with Crippen LogP contribution in [-0.4, -0.2) is 49.0 Å². The zero-order chi connectivity index (χ0) is 21.0. The summed E-state index contributed by atoms with van der Waals surface area (Å²) < 4.78 is 32.5. The minimum atomic E-state index is -3.48. The number of hydrogen-bond acceptors (Lipinski definition) is 5. The van der Waals surface area contributed by atoms with Gasteiger partial charge in [0.25, 0.3) is 0 Å². The van der Waals surface area contributed by atoms with Gasteiger partial charge in [-0.3, -0.25) is 0 Å². The van der Waals surface area contributed by atoms with Gasteiger partial charge in [0.05, 0.1) is 23.8 Å². The molecule has 2 aromatic carbocycles. The number of morpholine rings is 1. The number of ether oxygens (including phenoxy) is 1. The standard InChI is InChI=1S/C22H25N3O3S2/c1-17-21(15-18-6-3-2-4-7-18)24-22(23-17)29-16-19-8-5-9-20(14-19)30(26,27)25-10-12-28-13-11-25/h2-9,14H,10-13,15-16H2,1H3,(H,23,24). The molecule has 6 nitrogen and oxygen atoms in total. The predicted molar refractivity (Wildman–Crippen MR) is 118 cm³/mol. The molecule has 1 aliphatic heterocycles. The highest BCUT2D eigenvalue weighted by atomic mass is 32.2. The highest BCUT2D eigenvalue weighted by Crippen LogP contribution is 2.25. The molecule has 0 unspecified atom stereocenters. The van der Waals surface area contributed by atoms with E-state index in [1.54, 1.807) is 30.0 Å². The van der Waals surface area contributed by atoms with Crippen LogP contribution in [0.25, 0.3) is 0 Å². The number of nitrogens with one attached hydrogen (secondary N) is 1. The molecule has 0 saturated carbocycles. The van der Waals surface area contributed by atoms with Gasteiger partial charge in [0.2, 0.25) is 10.0 Å². The second-order valence-corrected chi connectivity index (χ2v) is 10.1. The number of benzene rings is 2. The summed E-state index contributed by atoms with van der Waals surface area (Å²) in [5, 5.41) is 0.847. The van der Waals surface area contributed by atoms with E-state index in [4.69, 9.17) is 9.72 Å². The fraction of sp³-hybridized carbons (Fsp3) is 0.318. The highest BCUT2D eigenvalue weighted by Gasteiger charge is 2.26. The first kappa shape index (κ1) is 21.1. The molecule has 30 heavy (non-hydrogen) atoms. The first-order valence-corrected chi connectivity index (χ1v) is 12.3. The summed E-state index contributed by atoms with van der Waals surface area (Å²) in [4.78, 5) is 8.41. The van der Waals surface area contributed by atoms with Gasteiger partial charge in [-0.15, -0.1) is 0 Å². The molecule has 0 radical (unpaired) electrons. The van der Waals surface area contributed by atoms with Crippen LogP contribution in [-0.2, 0) is 26.9 Å². The van der Waals surface area contributed by atoms with Crippen LogP contribution < -0.4 is 0 Å². The summed E-state index contributed by atoms with van der Waals surface area (Å²) in [6, 6.07) is 17.4. The van der Waals surface area contributed by atoms with Crippen LogP contribution in [0.3, 0.4) is 0 Å². The number of aryl methyl sites for hydroxylation is 1. The highest BCUT2D eigenvalue weighted by molar-refractivity contribution is 7.98. The molecule has 1 saturated heterocycles. The van der Waals surface area contributed by atoms with Crippen LogP contribution in [0, 0.1) is 6.92 Å². The summed E-state index contributed by atoms with van der Waals surface area (Å²) in [6.45, 7) is 3.72. The maximum atomic E-state index is 12.9. The molecule has 0 aliphatic carbocycles. The number of aromatic nitrogens is 2. The Morgan fingerprint density at radius 2 is 1.80 bits per heavy atom. The molecular weight excluding hydrogens is 418 g/mol. The SMILES string of the molecule is Cc1[nH]c(SCc2cccc(S(=O)(=O)N3CCOCC3)c2)nc1Cc1ccccc1. The Hall–Kier alpha value is -2.13. The van der Waals surface area contributed by atoms with Gasteiger partial charge in [-0.05, 0) is 30.2 Å². The lowest BCUT2D eigenvalue weighted by Crippen LogP contribution is -2.40. The number of H-pyrrole nitrogens is 1. The average Bonchev–Trinajstić information content (AvgIpc) is 3.13. The number of hydrogen-bond donors (Lipinski definition) is 1. The fourth-order valence-corrected chi connectivity index (χ4v) is 5.74. The van der Waals surface area contributed by atoms with Crippen LogP contribution in [0.2, 0.25) is 0 Å². The van der Waals surface area contributed by atoms with Gasteiger partial charge >= 0.3 is 0 Å². The summed E-state index contributed by atoms with van der Waals surface area (Å²) in [6.07, 6.45) is 0.789. The third-order valence-corrected chi connectivity index (χ3v) is 7.90. The molecule has 0 bridgehead atoms. The molecule has 4 rings (SSSR count). The first-order chi connectivity index (χ1) is 14.5. The Balaban J connectivity index is 1.43. The number of rotatable bonds is 7. The lowest BCUT2D eigenvalue weighted by atomic mass is 10.1. The Labute approximate surface area is 181 Å². The molecule has 0 amide bonds. The Kier molecular flexibility index (Phi) is 6.58. The Morgan fingerprint density at radius 1 is 1.07 bits per heavy atom. The van der Waals surface area contributed by atoms with Crippen molar-refractivity contribution in [1.82, 2.24) is 14.3 Å². The quantitative estimate of drug-likeness (QED) is 0.565. The van der Waals surface area contributed by atoms with Crippen LogP contribution in [0.5, 0.6) is 0 Å². The van der Waals surface area contributed by atoms with Crippen LogP contribution in [0.1, 0.15) is 22.5 Å². The van der Waals surface area contributed by atoms with E-state index in [2.05, 4.69) is 17.1 Å². The van der Waals surface area contributed by atoms with Crippen molar-refractivity contribution in [1.29, 1.82) is 0 Å². The van der Waals surface area contributed by atoms with Crippen LogP contribution in [0.15, 0.2) is 64.6 Å². The van der Waals surface area contributed by atoms with Gasteiger partial charge in [0, 0.05) is 31.0 Å². The van der Waals surface area contributed by atoms with E-state index in [-0.39, 0.29) is 0 Å². The topological polar surface area (TPSA) is 75.3 Å². The van der Waals surface area contributed by atoms with Crippen molar-refractivity contribution in [2.45, 2.75) is 29.1 Å². The second kappa shape index (κ2) is 9.34. The Bertz CT molecular complexity index is 1090. The maximum absolute atomic E-state index is 12.9. The molecule has 2 heterocycles. The van der Waals surface area contributed by atoms with Gasteiger partial charge in [-0.2, -0.15) is 4.31 Å². The van der Waals surface area contributed by atoms with Crippen molar-refractivity contribution in [3.8, 4) is 0 Å². The van der Waals surface area contributed by atoms with E-state index in [0.717, 1.165) is 28.5 Å². The molecule has 1 aliphatic rings. The van der Waals surface area contributed by atoms with Gasteiger partial charge < -0.3 is 9.72 Å². The predicted octanol–water partition coefficient (Wildman–Crippen LogP) is 3.62. The van der Waals surface area contributed by atoms with Crippen LogP contribution >= 0.6 is 11.8 Å². The van der Waals surface area contributed by atoms with E-state index in [1.807, 2.05) is 31.2 Å². The second-order valence-electron chi connectivity index (χ2n) is 7.23. The average molecular weight is 444 g/mol. The molecule has 1 N–H and O–H groups in total. The van der Waals surface area contributed by atoms with Crippen molar-refractivity contribution in [3.05, 3.63) is 77.1 Å².